The zero-order valence-corrected chi connectivity index (χ0v) is 14.5. The Bertz CT molecular complexity index is 676. The normalized spacial score (nSPS) is 12.0. The largest absolute Gasteiger partial charge is 0.336 e. The SMILES string of the molecule is CN(C)C(CNC(=O)Nc1cccc(Cl)c1)c1ccccc1Cl. The highest BCUT2D eigenvalue weighted by Crippen LogP contribution is 2.25. The fourth-order valence-corrected chi connectivity index (χ4v) is 2.70. The highest BCUT2D eigenvalue weighted by molar-refractivity contribution is 6.31. The fourth-order valence-electron chi connectivity index (χ4n) is 2.25. The van der Waals surface area contributed by atoms with Crippen molar-refractivity contribution in [1.29, 1.82) is 0 Å². The molecule has 0 spiro atoms. The molecule has 0 aromatic heterocycles. The van der Waals surface area contributed by atoms with Gasteiger partial charge in [0.25, 0.3) is 0 Å². The van der Waals surface area contributed by atoms with Crippen molar-refractivity contribution in [3.8, 4) is 0 Å². The molecule has 0 aliphatic heterocycles. The fraction of sp³-hybridized carbons (Fsp3) is 0.235. The van der Waals surface area contributed by atoms with Crippen LogP contribution in [0.4, 0.5) is 10.5 Å². The third-order valence-corrected chi connectivity index (χ3v) is 4.01. The predicted molar refractivity (Wildman–Crippen MR) is 96.4 cm³/mol. The van der Waals surface area contributed by atoms with E-state index in [-0.39, 0.29) is 12.1 Å². The summed E-state index contributed by atoms with van der Waals surface area (Å²) in [5.74, 6) is 0. The molecule has 4 nitrogen and oxygen atoms in total. The van der Waals surface area contributed by atoms with Gasteiger partial charge in [0.1, 0.15) is 0 Å². The van der Waals surface area contributed by atoms with Crippen LogP contribution in [0.15, 0.2) is 48.5 Å². The van der Waals surface area contributed by atoms with E-state index >= 15 is 0 Å². The van der Waals surface area contributed by atoms with Crippen molar-refractivity contribution >= 4 is 34.9 Å². The number of benzene rings is 2. The van der Waals surface area contributed by atoms with E-state index in [1.54, 1.807) is 24.3 Å². The predicted octanol–water partition coefficient (Wildman–Crippen LogP) is 4.42. The molecule has 0 fully saturated rings. The van der Waals surface area contributed by atoms with Gasteiger partial charge in [0.05, 0.1) is 6.04 Å². The highest BCUT2D eigenvalue weighted by atomic mass is 35.5. The van der Waals surface area contributed by atoms with E-state index < -0.39 is 0 Å². The number of hydrogen-bond donors (Lipinski definition) is 2. The number of amides is 2. The van der Waals surface area contributed by atoms with Gasteiger partial charge < -0.3 is 15.5 Å². The molecule has 2 amide bonds. The van der Waals surface area contributed by atoms with Crippen LogP contribution in [-0.4, -0.2) is 31.6 Å². The molecule has 23 heavy (non-hydrogen) atoms. The zero-order chi connectivity index (χ0) is 16.8. The number of anilines is 1. The first-order valence-corrected chi connectivity index (χ1v) is 7.94. The monoisotopic (exact) mass is 351 g/mol. The first kappa shape index (κ1) is 17.6. The maximum atomic E-state index is 12.1. The molecule has 0 aliphatic rings. The summed E-state index contributed by atoms with van der Waals surface area (Å²) in [4.78, 5) is 14.1. The molecule has 6 heteroatoms. The van der Waals surface area contributed by atoms with Gasteiger partial charge in [-0.3, -0.25) is 0 Å². The minimum atomic E-state index is -0.286. The van der Waals surface area contributed by atoms with E-state index in [9.17, 15) is 4.79 Å². The van der Waals surface area contributed by atoms with Crippen LogP contribution in [0.25, 0.3) is 0 Å². The first-order chi connectivity index (χ1) is 11.0. The Morgan fingerprint density at radius 3 is 2.52 bits per heavy atom. The number of carbonyl (C=O) groups excluding carboxylic acids is 1. The van der Waals surface area contributed by atoms with Gasteiger partial charge in [0, 0.05) is 22.3 Å². The van der Waals surface area contributed by atoms with Crippen LogP contribution in [0, 0.1) is 0 Å². The smallest absolute Gasteiger partial charge is 0.319 e. The standard InChI is InChI=1S/C17H19Cl2N3O/c1-22(2)16(14-8-3-4-9-15(14)19)11-20-17(23)21-13-7-5-6-12(18)10-13/h3-10,16H,11H2,1-2H3,(H2,20,21,23). The maximum Gasteiger partial charge on any atom is 0.319 e. The van der Waals surface area contributed by atoms with E-state index in [4.69, 9.17) is 23.2 Å². The Balaban J connectivity index is 1.99. The van der Waals surface area contributed by atoms with E-state index in [0.29, 0.717) is 22.3 Å². The Labute approximate surface area is 146 Å². The third kappa shape index (κ3) is 5.13. The van der Waals surface area contributed by atoms with Crippen molar-refractivity contribution in [1.82, 2.24) is 10.2 Å². The first-order valence-electron chi connectivity index (χ1n) is 7.18. The molecular formula is C17H19Cl2N3O. The number of hydrogen-bond acceptors (Lipinski definition) is 2. The second-order valence-corrected chi connectivity index (χ2v) is 6.19. The van der Waals surface area contributed by atoms with Gasteiger partial charge in [-0.15, -0.1) is 0 Å². The summed E-state index contributed by atoms with van der Waals surface area (Å²) in [7, 11) is 3.90. The van der Waals surface area contributed by atoms with Gasteiger partial charge in [0.15, 0.2) is 0 Å². The summed E-state index contributed by atoms with van der Waals surface area (Å²) < 4.78 is 0. The Morgan fingerprint density at radius 1 is 1.13 bits per heavy atom. The quantitative estimate of drug-likeness (QED) is 0.837. The lowest BCUT2D eigenvalue weighted by Crippen LogP contribution is -2.37. The van der Waals surface area contributed by atoms with Crippen molar-refractivity contribution < 1.29 is 4.79 Å². The van der Waals surface area contributed by atoms with Crippen molar-refractivity contribution in [2.24, 2.45) is 0 Å². The number of rotatable bonds is 5. The molecule has 2 N–H and O–H groups in total. The number of nitrogens with zero attached hydrogens (tertiary/aromatic N) is 1. The summed E-state index contributed by atoms with van der Waals surface area (Å²) in [5.41, 5.74) is 1.62. The van der Waals surface area contributed by atoms with Crippen LogP contribution >= 0.6 is 23.2 Å². The molecule has 0 bridgehead atoms. The number of halogens is 2. The average Bonchev–Trinajstić information content (AvgIpc) is 2.49. The minimum Gasteiger partial charge on any atom is -0.336 e. The molecule has 1 atom stereocenters. The van der Waals surface area contributed by atoms with Crippen LogP contribution < -0.4 is 10.6 Å². The van der Waals surface area contributed by atoms with Crippen LogP contribution in [0.5, 0.6) is 0 Å². The average molecular weight is 352 g/mol. The zero-order valence-electron chi connectivity index (χ0n) is 13.0. The third-order valence-electron chi connectivity index (χ3n) is 3.43. The molecule has 2 aromatic carbocycles. The highest BCUT2D eigenvalue weighted by Gasteiger charge is 2.17. The van der Waals surface area contributed by atoms with Gasteiger partial charge in [-0.1, -0.05) is 47.5 Å². The van der Waals surface area contributed by atoms with Crippen LogP contribution in [-0.2, 0) is 0 Å². The molecule has 0 heterocycles. The van der Waals surface area contributed by atoms with E-state index in [1.165, 1.54) is 0 Å². The number of nitrogens with one attached hydrogen (secondary N) is 2. The molecule has 0 aliphatic carbocycles. The molecule has 1 unspecified atom stereocenters. The second-order valence-electron chi connectivity index (χ2n) is 5.35. The summed E-state index contributed by atoms with van der Waals surface area (Å²) in [6.07, 6.45) is 0. The number of carbonyl (C=O) groups is 1. The van der Waals surface area contributed by atoms with Crippen molar-refractivity contribution in [3.63, 3.8) is 0 Å². The molecule has 2 aromatic rings. The van der Waals surface area contributed by atoms with Crippen LogP contribution in [0.2, 0.25) is 10.0 Å². The second kappa shape index (κ2) is 8.20. The topological polar surface area (TPSA) is 44.4 Å². The molecule has 122 valence electrons. The molecule has 2 rings (SSSR count). The van der Waals surface area contributed by atoms with Gasteiger partial charge in [-0.05, 0) is 43.9 Å². The Kier molecular flexibility index (Phi) is 6.28. The van der Waals surface area contributed by atoms with Gasteiger partial charge in [-0.2, -0.15) is 0 Å². The lowest BCUT2D eigenvalue weighted by Gasteiger charge is -2.26. The summed E-state index contributed by atoms with van der Waals surface area (Å²) in [6.45, 7) is 0.434. The molecule has 0 radical (unpaired) electrons. The minimum absolute atomic E-state index is 0.0196. The molecule has 0 saturated heterocycles. The number of urea groups is 1. The van der Waals surface area contributed by atoms with Crippen molar-refractivity contribution in [2.45, 2.75) is 6.04 Å². The van der Waals surface area contributed by atoms with Crippen LogP contribution in [0.3, 0.4) is 0 Å². The summed E-state index contributed by atoms with van der Waals surface area (Å²) in [5, 5.41) is 6.88. The lowest BCUT2D eigenvalue weighted by molar-refractivity contribution is 0.243. The molecule has 0 saturated carbocycles. The van der Waals surface area contributed by atoms with E-state index in [1.807, 2.05) is 43.3 Å². The van der Waals surface area contributed by atoms with Gasteiger partial charge in [-0.25, -0.2) is 4.79 Å². The lowest BCUT2D eigenvalue weighted by atomic mass is 10.1. The Hall–Kier alpha value is -1.75. The van der Waals surface area contributed by atoms with Gasteiger partial charge >= 0.3 is 6.03 Å². The van der Waals surface area contributed by atoms with E-state index in [0.717, 1.165) is 5.56 Å². The van der Waals surface area contributed by atoms with Crippen molar-refractivity contribution in [3.05, 3.63) is 64.1 Å². The molecular weight excluding hydrogens is 333 g/mol. The van der Waals surface area contributed by atoms with Crippen LogP contribution in [0.1, 0.15) is 11.6 Å². The van der Waals surface area contributed by atoms with Crippen molar-refractivity contribution in [2.75, 3.05) is 26.0 Å². The maximum absolute atomic E-state index is 12.1. The van der Waals surface area contributed by atoms with E-state index in [2.05, 4.69) is 10.6 Å². The summed E-state index contributed by atoms with van der Waals surface area (Å²) in [6, 6.07) is 14.3. The Morgan fingerprint density at radius 2 is 1.87 bits per heavy atom. The summed E-state index contributed by atoms with van der Waals surface area (Å²) >= 11 is 12.2. The van der Waals surface area contributed by atoms with Gasteiger partial charge in [0.2, 0.25) is 0 Å². The number of likely N-dealkylation sites (N-methyl/N-ethyl adjacent to an activating group) is 1.